The van der Waals surface area contributed by atoms with Gasteiger partial charge in [-0.25, -0.2) is 0 Å². The first-order chi connectivity index (χ1) is 12.6. The highest BCUT2D eigenvalue weighted by atomic mass is 35.5. The van der Waals surface area contributed by atoms with Crippen LogP contribution in [0.15, 0.2) is 88.7 Å². The van der Waals surface area contributed by atoms with E-state index in [1.807, 2.05) is 54.6 Å². The number of nitrogens with one attached hydrogen (secondary N) is 1. The van der Waals surface area contributed by atoms with Gasteiger partial charge in [0.05, 0.1) is 5.69 Å². The minimum Gasteiger partial charge on any atom is -0.481 e. The molecule has 3 nitrogen and oxygen atoms in total. The number of amides is 1. The zero-order chi connectivity index (χ0) is 18.4. The zero-order valence-electron chi connectivity index (χ0n) is 14.2. The van der Waals surface area contributed by atoms with Crippen LogP contribution in [0.4, 0.5) is 5.69 Å². The topological polar surface area (TPSA) is 38.3 Å². The monoisotopic (exact) mass is 383 g/mol. The second-order valence-corrected chi connectivity index (χ2v) is 7.17. The van der Waals surface area contributed by atoms with Crippen LogP contribution in [0, 0.1) is 0 Å². The van der Waals surface area contributed by atoms with E-state index in [9.17, 15) is 4.79 Å². The lowest BCUT2D eigenvalue weighted by atomic mass is 10.3. The molecule has 0 aliphatic heterocycles. The molecule has 26 heavy (non-hydrogen) atoms. The Kier molecular flexibility index (Phi) is 6.21. The summed E-state index contributed by atoms with van der Waals surface area (Å²) in [5.74, 6) is 0.394. The van der Waals surface area contributed by atoms with E-state index < -0.39 is 6.10 Å². The fourth-order valence-electron chi connectivity index (χ4n) is 2.28. The highest BCUT2D eigenvalue weighted by molar-refractivity contribution is 7.99. The van der Waals surface area contributed by atoms with Gasteiger partial charge in [0.1, 0.15) is 5.75 Å². The van der Waals surface area contributed by atoms with Gasteiger partial charge in [0.25, 0.3) is 5.91 Å². The van der Waals surface area contributed by atoms with Crippen molar-refractivity contribution in [3.8, 4) is 5.75 Å². The molecule has 3 rings (SSSR count). The summed E-state index contributed by atoms with van der Waals surface area (Å²) in [6.45, 7) is 1.72. The second-order valence-electron chi connectivity index (χ2n) is 5.61. The Hall–Kier alpha value is -2.43. The van der Waals surface area contributed by atoms with Crippen molar-refractivity contribution >= 4 is 35.0 Å². The molecular weight excluding hydrogens is 366 g/mol. The number of ether oxygens (including phenoxy) is 1. The van der Waals surface area contributed by atoms with E-state index in [0.717, 1.165) is 15.5 Å². The summed E-state index contributed by atoms with van der Waals surface area (Å²) in [7, 11) is 0. The number of carbonyl (C=O) groups is 1. The van der Waals surface area contributed by atoms with E-state index >= 15 is 0 Å². The lowest BCUT2D eigenvalue weighted by Gasteiger charge is -2.16. The van der Waals surface area contributed by atoms with Crippen LogP contribution in [-0.2, 0) is 4.79 Å². The number of rotatable bonds is 6. The Labute approximate surface area is 162 Å². The van der Waals surface area contributed by atoms with Crippen LogP contribution in [0.1, 0.15) is 6.92 Å². The molecule has 0 saturated carbocycles. The summed E-state index contributed by atoms with van der Waals surface area (Å²) in [4.78, 5) is 14.6. The molecule has 0 fully saturated rings. The molecule has 0 unspecified atom stereocenters. The molecule has 132 valence electrons. The van der Waals surface area contributed by atoms with Gasteiger partial charge in [-0.3, -0.25) is 4.79 Å². The van der Waals surface area contributed by atoms with Crippen LogP contribution in [0.3, 0.4) is 0 Å². The van der Waals surface area contributed by atoms with Gasteiger partial charge in [0.15, 0.2) is 6.10 Å². The van der Waals surface area contributed by atoms with Crippen molar-refractivity contribution in [1.82, 2.24) is 0 Å². The quantitative estimate of drug-likeness (QED) is 0.576. The Morgan fingerprint density at radius 1 is 0.962 bits per heavy atom. The maximum atomic E-state index is 12.5. The largest absolute Gasteiger partial charge is 0.481 e. The van der Waals surface area contributed by atoms with Gasteiger partial charge in [-0.15, -0.1) is 0 Å². The van der Waals surface area contributed by atoms with Crippen molar-refractivity contribution in [2.75, 3.05) is 5.32 Å². The molecule has 3 aromatic rings. The molecule has 0 aliphatic carbocycles. The number of anilines is 1. The third-order valence-electron chi connectivity index (χ3n) is 3.61. The Morgan fingerprint density at radius 2 is 1.62 bits per heavy atom. The van der Waals surface area contributed by atoms with E-state index in [-0.39, 0.29) is 5.91 Å². The molecule has 0 heterocycles. The van der Waals surface area contributed by atoms with Crippen LogP contribution >= 0.6 is 23.4 Å². The van der Waals surface area contributed by atoms with Crippen molar-refractivity contribution in [2.24, 2.45) is 0 Å². The fraction of sp³-hybridized carbons (Fsp3) is 0.0952. The summed E-state index contributed by atoms with van der Waals surface area (Å²) in [5.41, 5.74) is 0.762. The second kappa shape index (κ2) is 8.79. The SMILES string of the molecule is C[C@H](Oc1ccc(Cl)cc1)C(=O)Nc1ccccc1Sc1ccccc1. The van der Waals surface area contributed by atoms with Gasteiger partial charge >= 0.3 is 0 Å². The van der Waals surface area contributed by atoms with Crippen molar-refractivity contribution in [1.29, 1.82) is 0 Å². The third-order valence-corrected chi connectivity index (χ3v) is 4.95. The van der Waals surface area contributed by atoms with Crippen molar-refractivity contribution in [2.45, 2.75) is 22.8 Å². The van der Waals surface area contributed by atoms with E-state index in [4.69, 9.17) is 16.3 Å². The molecule has 0 spiro atoms. The molecule has 0 saturated heterocycles. The van der Waals surface area contributed by atoms with E-state index in [2.05, 4.69) is 5.32 Å². The van der Waals surface area contributed by atoms with Crippen LogP contribution < -0.4 is 10.1 Å². The normalized spacial score (nSPS) is 11.6. The van der Waals surface area contributed by atoms with Crippen molar-refractivity contribution < 1.29 is 9.53 Å². The van der Waals surface area contributed by atoms with E-state index in [1.54, 1.807) is 43.0 Å². The molecule has 1 amide bonds. The maximum Gasteiger partial charge on any atom is 0.265 e. The number of para-hydroxylation sites is 1. The van der Waals surface area contributed by atoms with Crippen LogP contribution in [0.5, 0.6) is 5.75 Å². The number of halogens is 1. The molecule has 0 aliphatic rings. The van der Waals surface area contributed by atoms with Gasteiger partial charge in [-0.05, 0) is 55.5 Å². The molecule has 0 bridgehead atoms. The molecule has 5 heteroatoms. The van der Waals surface area contributed by atoms with Gasteiger partial charge < -0.3 is 10.1 Å². The summed E-state index contributed by atoms with van der Waals surface area (Å²) in [6, 6.07) is 24.7. The predicted octanol–water partition coefficient (Wildman–Crippen LogP) is 5.90. The minimum atomic E-state index is -0.633. The Bertz CT molecular complexity index is 869. The number of hydrogen-bond donors (Lipinski definition) is 1. The lowest BCUT2D eigenvalue weighted by molar-refractivity contribution is -0.122. The predicted molar refractivity (Wildman–Crippen MR) is 107 cm³/mol. The molecular formula is C21H18ClNO2S. The Balaban J connectivity index is 1.68. The highest BCUT2D eigenvalue weighted by Gasteiger charge is 2.16. The molecule has 1 N–H and O–H groups in total. The highest BCUT2D eigenvalue weighted by Crippen LogP contribution is 2.33. The molecule has 0 radical (unpaired) electrons. The average molecular weight is 384 g/mol. The Morgan fingerprint density at radius 3 is 2.35 bits per heavy atom. The lowest BCUT2D eigenvalue weighted by Crippen LogP contribution is -2.30. The van der Waals surface area contributed by atoms with E-state index in [0.29, 0.717) is 10.8 Å². The fourth-order valence-corrected chi connectivity index (χ4v) is 3.33. The molecule has 0 aromatic heterocycles. The van der Waals surface area contributed by atoms with Gasteiger partial charge in [-0.1, -0.05) is 53.7 Å². The molecule has 3 aromatic carbocycles. The summed E-state index contributed by atoms with van der Waals surface area (Å²) in [6.07, 6.45) is -0.633. The maximum absolute atomic E-state index is 12.5. The van der Waals surface area contributed by atoms with Crippen molar-refractivity contribution in [3.05, 3.63) is 83.9 Å². The summed E-state index contributed by atoms with van der Waals surface area (Å²) < 4.78 is 5.68. The van der Waals surface area contributed by atoms with E-state index in [1.165, 1.54) is 0 Å². The number of hydrogen-bond acceptors (Lipinski definition) is 3. The van der Waals surface area contributed by atoms with Crippen LogP contribution in [0.25, 0.3) is 0 Å². The first-order valence-corrected chi connectivity index (χ1v) is 9.36. The zero-order valence-corrected chi connectivity index (χ0v) is 15.8. The third kappa shape index (κ3) is 5.04. The first kappa shape index (κ1) is 18.4. The number of carbonyl (C=O) groups excluding carboxylic acids is 1. The average Bonchev–Trinajstić information content (AvgIpc) is 2.66. The first-order valence-electron chi connectivity index (χ1n) is 8.17. The number of benzene rings is 3. The van der Waals surface area contributed by atoms with Gasteiger partial charge in [-0.2, -0.15) is 0 Å². The molecule has 1 atom stereocenters. The standard InChI is InChI=1S/C21H18ClNO2S/c1-15(25-17-13-11-16(22)12-14-17)21(24)23-19-9-5-6-10-20(19)26-18-7-3-2-4-8-18/h2-15H,1H3,(H,23,24)/t15-/m0/s1. The van der Waals surface area contributed by atoms with Crippen LogP contribution in [-0.4, -0.2) is 12.0 Å². The summed E-state index contributed by atoms with van der Waals surface area (Å²) >= 11 is 7.47. The van der Waals surface area contributed by atoms with Crippen molar-refractivity contribution in [3.63, 3.8) is 0 Å². The van der Waals surface area contributed by atoms with Crippen LogP contribution in [0.2, 0.25) is 5.02 Å². The summed E-state index contributed by atoms with van der Waals surface area (Å²) in [5, 5.41) is 3.58. The van der Waals surface area contributed by atoms with Gasteiger partial charge in [0, 0.05) is 14.8 Å². The smallest absolute Gasteiger partial charge is 0.265 e. The van der Waals surface area contributed by atoms with Gasteiger partial charge in [0.2, 0.25) is 0 Å². The minimum absolute atomic E-state index is 0.207.